The van der Waals surface area contributed by atoms with Gasteiger partial charge in [-0.25, -0.2) is 0 Å². The van der Waals surface area contributed by atoms with Gasteiger partial charge in [-0.15, -0.1) is 0 Å². The van der Waals surface area contributed by atoms with Crippen LogP contribution < -0.4 is 0 Å². The molecule has 6 nitrogen and oxygen atoms in total. The normalized spacial score (nSPS) is 29.0. The van der Waals surface area contributed by atoms with Crippen LogP contribution in [0, 0.1) is 17.8 Å². The number of carbonyl (C=O) groups excluding carboxylic acids is 4. The van der Waals surface area contributed by atoms with Crippen molar-refractivity contribution >= 4 is 39.3 Å². The van der Waals surface area contributed by atoms with Crippen LogP contribution in [0.5, 0.6) is 5.75 Å². The Morgan fingerprint density at radius 3 is 2.61 bits per heavy atom. The van der Waals surface area contributed by atoms with Crippen molar-refractivity contribution in [3.63, 3.8) is 0 Å². The van der Waals surface area contributed by atoms with Crippen molar-refractivity contribution in [2.75, 3.05) is 6.54 Å². The van der Waals surface area contributed by atoms with Crippen molar-refractivity contribution in [2.24, 2.45) is 17.8 Å². The van der Waals surface area contributed by atoms with E-state index in [2.05, 4.69) is 15.9 Å². The second-order valence-electron chi connectivity index (χ2n) is 9.26. The lowest BCUT2D eigenvalue weighted by Gasteiger charge is -2.42. The number of Topliss-reactive ketones (excluding diaryl/α,β-unsaturated/α-hetero) is 1. The largest absolute Gasteiger partial charge is 0.508 e. The average Bonchev–Trinajstić information content (AvgIpc) is 3.03. The fourth-order valence-electron chi connectivity index (χ4n) is 6.00. The number of nitrogens with zero attached hydrogens (tertiary/aromatic N) is 1. The number of phenols is 1. The van der Waals surface area contributed by atoms with Crippen LogP contribution in [0.3, 0.4) is 0 Å². The summed E-state index contributed by atoms with van der Waals surface area (Å²) in [5, 5.41) is 10.8. The number of aromatic hydroxyl groups is 1. The van der Waals surface area contributed by atoms with E-state index in [0.717, 1.165) is 10.0 Å². The van der Waals surface area contributed by atoms with Gasteiger partial charge in [0.05, 0.1) is 11.8 Å². The SMILES string of the molecule is CCCN1C(=O)[C@H]2[C@H](CC=C3[C@H](c4cc(Br)ccc4O)C4=C(C[C@H]32)C(=O)C(C)=CC4=O)C1=O. The van der Waals surface area contributed by atoms with Crippen LogP contribution in [-0.2, 0) is 19.2 Å². The van der Waals surface area contributed by atoms with Crippen LogP contribution in [0.4, 0.5) is 0 Å². The molecule has 7 heteroatoms. The number of halogens is 1. The Bertz CT molecular complexity index is 1220. The van der Waals surface area contributed by atoms with Gasteiger partial charge in [0, 0.05) is 39.2 Å². The molecule has 1 aromatic rings. The summed E-state index contributed by atoms with van der Waals surface area (Å²) in [7, 11) is 0. The van der Waals surface area contributed by atoms with Gasteiger partial charge in [-0.3, -0.25) is 24.1 Å². The van der Waals surface area contributed by atoms with Gasteiger partial charge >= 0.3 is 0 Å². The van der Waals surface area contributed by atoms with E-state index in [4.69, 9.17) is 0 Å². The molecule has 2 amide bonds. The second kappa shape index (κ2) is 7.90. The molecule has 1 aromatic carbocycles. The molecule has 1 saturated heterocycles. The van der Waals surface area contributed by atoms with E-state index in [0.29, 0.717) is 41.7 Å². The third kappa shape index (κ3) is 3.20. The first kappa shape index (κ1) is 22.0. The summed E-state index contributed by atoms with van der Waals surface area (Å²) in [4.78, 5) is 54.1. The first-order valence-corrected chi connectivity index (χ1v) is 12.1. The van der Waals surface area contributed by atoms with Gasteiger partial charge in [0.2, 0.25) is 11.8 Å². The molecule has 0 radical (unpaired) electrons. The molecule has 1 heterocycles. The van der Waals surface area contributed by atoms with E-state index in [1.807, 2.05) is 13.0 Å². The molecule has 5 rings (SSSR count). The Balaban J connectivity index is 1.70. The minimum absolute atomic E-state index is 0.0201. The van der Waals surface area contributed by atoms with Crippen LogP contribution in [0.15, 0.2) is 57.1 Å². The highest BCUT2D eigenvalue weighted by Crippen LogP contribution is 2.56. The number of amides is 2. The van der Waals surface area contributed by atoms with Crippen LogP contribution in [0.25, 0.3) is 0 Å². The molecular formula is C26H24BrNO5. The van der Waals surface area contributed by atoms with E-state index in [9.17, 15) is 24.3 Å². The van der Waals surface area contributed by atoms with Crippen LogP contribution in [0.2, 0.25) is 0 Å². The fourth-order valence-corrected chi connectivity index (χ4v) is 6.38. The van der Waals surface area contributed by atoms with Crippen LogP contribution in [0.1, 0.15) is 44.6 Å². The molecule has 0 spiro atoms. The smallest absolute Gasteiger partial charge is 0.233 e. The predicted octanol–water partition coefficient (Wildman–Crippen LogP) is 3.99. The highest BCUT2D eigenvalue weighted by Gasteiger charge is 2.56. The number of imide groups is 1. The lowest BCUT2D eigenvalue weighted by atomic mass is 9.59. The number of likely N-dealkylation sites (tertiary alicyclic amines) is 1. The topological polar surface area (TPSA) is 91.8 Å². The summed E-state index contributed by atoms with van der Waals surface area (Å²) in [5.74, 6) is -2.76. The summed E-state index contributed by atoms with van der Waals surface area (Å²) in [6.07, 6.45) is 4.67. The monoisotopic (exact) mass is 509 g/mol. The third-order valence-corrected chi connectivity index (χ3v) is 7.89. The Labute approximate surface area is 200 Å². The second-order valence-corrected chi connectivity index (χ2v) is 10.2. The molecule has 0 bridgehead atoms. The summed E-state index contributed by atoms with van der Waals surface area (Å²) in [6, 6.07) is 5.02. The summed E-state index contributed by atoms with van der Waals surface area (Å²) >= 11 is 3.45. The maximum Gasteiger partial charge on any atom is 0.233 e. The zero-order valence-corrected chi connectivity index (χ0v) is 20.0. The molecule has 4 aliphatic rings. The lowest BCUT2D eigenvalue weighted by molar-refractivity contribution is -0.140. The number of hydrogen-bond acceptors (Lipinski definition) is 5. The Hall–Kier alpha value is -2.80. The zero-order chi connectivity index (χ0) is 23.6. The number of benzene rings is 1. The molecule has 0 saturated carbocycles. The van der Waals surface area contributed by atoms with Gasteiger partial charge in [-0.2, -0.15) is 0 Å². The summed E-state index contributed by atoms with van der Waals surface area (Å²) in [5.41, 5.74) is 2.51. The van der Waals surface area contributed by atoms with Gasteiger partial charge in [-0.1, -0.05) is 34.5 Å². The highest BCUT2D eigenvalue weighted by atomic mass is 79.9. The van der Waals surface area contributed by atoms with Gasteiger partial charge in [-0.05, 0) is 56.4 Å². The zero-order valence-electron chi connectivity index (χ0n) is 18.4. The van der Waals surface area contributed by atoms with Gasteiger partial charge < -0.3 is 5.11 Å². The van der Waals surface area contributed by atoms with E-state index in [1.54, 1.807) is 25.1 Å². The maximum absolute atomic E-state index is 13.4. The molecule has 3 aliphatic carbocycles. The van der Waals surface area contributed by atoms with Crippen LogP contribution in [-0.4, -0.2) is 39.9 Å². The number of rotatable bonds is 3. The Morgan fingerprint density at radius 1 is 1.12 bits per heavy atom. The van der Waals surface area contributed by atoms with E-state index < -0.39 is 17.8 Å². The van der Waals surface area contributed by atoms with Gasteiger partial charge in [0.15, 0.2) is 11.6 Å². The van der Waals surface area contributed by atoms with Crippen molar-refractivity contribution in [1.82, 2.24) is 4.90 Å². The molecule has 1 fully saturated rings. The van der Waals surface area contributed by atoms with E-state index >= 15 is 0 Å². The van der Waals surface area contributed by atoms with Crippen molar-refractivity contribution in [3.8, 4) is 5.75 Å². The molecule has 0 unspecified atom stereocenters. The summed E-state index contributed by atoms with van der Waals surface area (Å²) < 4.78 is 0.733. The fraction of sp³-hybridized carbons (Fsp3) is 0.385. The molecule has 170 valence electrons. The molecule has 33 heavy (non-hydrogen) atoms. The van der Waals surface area contributed by atoms with Crippen molar-refractivity contribution in [3.05, 3.63) is 62.7 Å². The first-order valence-electron chi connectivity index (χ1n) is 11.3. The number of phenolic OH excluding ortho intramolecular Hbond substituents is 1. The Morgan fingerprint density at radius 2 is 1.88 bits per heavy atom. The molecule has 1 N–H and O–H groups in total. The highest BCUT2D eigenvalue weighted by molar-refractivity contribution is 9.10. The standard InChI is InChI=1S/C26H24BrNO5/c1-3-8-28-25(32)15-6-5-14-16(22(15)26(28)33)11-18-23(20(30)9-12(2)24(18)31)21(14)17-10-13(27)4-7-19(17)29/h4-5,7,9-10,15-16,21-22,29H,3,6,8,11H2,1-2H3/t15-,16+,21+,22-/m0/s1. The number of ketones is 2. The third-order valence-electron chi connectivity index (χ3n) is 7.40. The lowest BCUT2D eigenvalue weighted by Crippen LogP contribution is -2.39. The van der Waals surface area contributed by atoms with E-state index in [1.165, 1.54) is 11.0 Å². The predicted molar refractivity (Wildman–Crippen MR) is 124 cm³/mol. The van der Waals surface area contributed by atoms with Crippen LogP contribution >= 0.6 is 15.9 Å². The maximum atomic E-state index is 13.4. The van der Waals surface area contributed by atoms with Gasteiger partial charge in [0.25, 0.3) is 0 Å². The number of hydrogen-bond donors (Lipinski definition) is 1. The number of carbonyl (C=O) groups is 4. The van der Waals surface area contributed by atoms with Crippen molar-refractivity contribution < 1.29 is 24.3 Å². The quantitative estimate of drug-likeness (QED) is 0.377. The number of fused-ring (bicyclic) bond motifs is 3. The number of allylic oxidation sites excluding steroid dienone is 6. The average molecular weight is 510 g/mol. The van der Waals surface area contributed by atoms with Crippen molar-refractivity contribution in [2.45, 2.75) is 39.0 Å². The van der Waals surface area contributed by atoms with Gasteiger partial charge in [0.1, 0.15) is 5.75 Å². The first-order chi connectivity index (χ1) is 15.7. The minimum Gasteiger partial charge on any atom is -0.508 e. The van der Waals surface area contributed by atoms with E-state index in [-0.39, 0.29) is 41.5 Å². The molecule has 4 atom stereocenters. The Kier molecular flexibility index (Phi) is 5.27. The molecular weight excluding hydrogens is 486 g/mol. The van der Waals surface area contributed by atoms with Crippen molar-refractivity contribution in [1.29, 1.82) is 0 Å². The molecule has 0 aromatic heterocycles. The summed E-state index contributed by atoms with van der Waals surface area (Å²) in [6.45, 7) is 3.94. The minimum atomic E-state index is -0.638. The molecule has 1 aliphatic heterocycles.